The zero-order valence-electron chi connectivity index (χ0n) is 11.7. The van der Waals surface area contributed by atoms with Crippen molar-refractivity contribution in [3.05, 3.63) is 0 Å². The molecule has 0 aromatic carbocycles. The summed E-state index contributed by atoms with van der Waals surface area (Å²) in [6.07, 6.45) is 0.789. The fourth-order valence-corrected chi connectivity index (χ4v) is 1.17. The zero-order chi connectivity index (χ0) is 13.5. The van der Waals surface area contributed by atoms with E-state index in [9.17, 15) is 9.59 Å². The highest BCUT2D eigenvalue weighted by Crippen LogP contribution is 1.98. The Hall–Kier alpha value is -0.810. The number of nitrogens with two attached hydrogens (primary N) is 1. The largest absolute Gasteiger partial charge is 0.356 e. The van der Waals surface area contributed by atoms with Gasteiger partial charge in [-0.2, -0.15) is 0 Å². The van der Waals surface area contributed by atoms with Crippen molar-refractivity contribution in [2.75, 3.05) is 13.1 Å². The quantitative estimate of drug-likeness (QED) is 0.645. The lowest BCUT2D eigenvalue weighted by molar-refractivity contribution is -0.122. The van der Waals surface area contributed by atoms with Crippen LogP contribution in [0.2, 0.25) is 0 Å². The van der Waals surface area contributed by atoms with Gasteiger partial charge >= 0.3 is 0 Å². The molecule has 2 amide bonds. The molecule has 0 aliphatic rings. The maximum Gasteiger partial charge on any atom is 0.221 e. The third-order valence-corrected chi connectivity index (χ3v) is 2.01. The van der Waals surface area contributed by atoms with Crippen molar-refractivity contribution in [3.63, 3.8) is 0 Å². The normalized spacial score (nSPS) is 10.8. The summed E-state index contributed by atoms with van der Waals surface area (Å²) in [6.45, 7) is 8.47. The number of carbonyl (C=O) groups excluding carboxylic acids is 2. The molecule has 0 fully saturated rings. The zero-order valence-corrected chi connectivity index (χ0v) is 12.5. The lowest BCUT2D eigenvalue weighted by Gasteiger charge is -2.18. The van der Waals surface area contributed by atoms with Gasteiger partial charge in [0.1, 0.15) is 0 Å². The molecule has 0 aliphatic carbocycles. The number of carbonyl (C=O) groups is 2. The predicted octanol–water partition coefficient (Wildman–Crippen LogP) is 0.814. The molecule has 0 atom stereocenters. The molecule has 0 rings (SSSR count). The van der Waals surface area contributed by atoms with E-state index in [4.69, 9.17) is 5.73 Å². The number of rotatable bonds is 7. The topological polar surface area (TPSA) is 84.2 Å². The van der Waals surface area contributed by atoms with Gasteiger partial charge in [-0.15, -0.1) is 12.4 Å². The standard InChI is InChI=1S/C12H25N3O2.ClH/c1-9(2)7-11(17)14-6-5-10(16)15-8-12(3,4)13;/h9H,5-8,13H2,1-4H3,(H,14,17)(H,15,16);1H. The molecule has 108 valence electrons. The van der Waals surface area contributed by atoms with Gasteiger partial charge < -0.3 is 16.4 Å². The van der Waals surface area contributed by atoms with Crippen molar-refractivity contribution in [2.24, 2.45) is 11.7 Å². The number of hydrogen-bond acceptors (Lipinski definition) is 3. The monoisotopic (exact) mass is 279 g/mol. The van der Waals surface area contributed by atoms with E-state index in [1.807, 2.05) is 27.7 Å². The van der Waals surface area contributed by atoms with E-state index in [2.05, 4.69) is 10.6 Å². The second kappa shape index (κ2) is 9.16. The Kier molecular flexibility index (Phi) is 9.94. The van der Waals surface area contributed by atoms with Gasteiger partial charge in [0, 0.05) is 31.5 Å². The lowest BCUT2D eigenvalue weighted by atomic mass is 10.1. The molecule has 4 N–H and O–H groups in total. The van der Waals surface area contributed by atoms with Gasteiger partial charge in [0.25, 0.3) is 0 Å². The summed E-state index contributed by atoms with van der Waals surface area (Å²) in [5.74, 6) is 0.238. The SMILES string of the molecule is CC(C)CC(=O)NCCC(=O)NCC(C)(C)N.Cl. The first-order valence-corrected chi connectivity index (χ1v) is 6.03. The van der Waals surface area contributed by atoms with E-state index < -0.39 is 5.54 Å². The molecular formula is C12H26ClN3O2. The predicted molar refractivity (Wildman–Crippen MR) is 75.6 cm³/mol. The second-order valence-corrected chi connectivity index (χ2v) is 5.46. The van der Waals surface area contributed by atoms with Crippen LogP contribution in [0.25, 0.3) is 0 Å². The van der Waals surface area contributed by atoms with Gasteiger partial charge in [-0.3, -0.25) is 9.59 Å². The summed E-state index contributed by atoms with van der Waals surface area (Å²) in [7, 11) is 0. The number of hydrogen-bond donors (Lipinski definition) is 3. The molecular weight excluding hydrogens is 254 g/mol. The fraction of sp³-hybridized carbons (Fsp3) is 0.833. The number of halogens is 1. The molecule has 0 saturated heterocycles. The molecule has 0 heterocycles. The molecule has 0 radical (unpaired) electrons. The summed E-state index contributed by atoms with van der Waals surface area (Å²) >= 11 is 0. The van der Waals surface area contributed by atoms with E-state index in [0.717, 1.165) is 0 Å². The minimum atomic E-state index is -0.406. The molecule has 0 aromatic heterocycles. The Balaban J connectivity index is 0. The first-order chi connectivity index (χ1) is 7.70. The minimum absolute atomic E-state index is 0. The Morgan fingerprint density at radius 1 is 1.17 bits per heavy atom. The summed E-state index contributed by atoms with van der Waals surface area (Å²) in [4.78, 5) is 22.7. The first-order valence-electron chi connectivity index (χ1n) is 6.03. The molecule has 6 heteroatoms. The highest BCUT2D eigenvalue weighted by Gasteiger charge is 2.12. The number of amides is 2. The van der Waals surface area contributed by atoms with E-state index in [1.54, 1.807) is 0 Å². The average Bonchev–Trinajstić information content (AvgIpc) is 2.12. The van der Waals surface area contributed by atoms with Gasteiger partial charge in [0.15, 0.2) is 0 Å². The molecule has 0 spiro atoms. The fourth-order valence-electron chi connectivity index (χ4n) is 1.17. The van der Waals surface area contributed by atoms with Crippen LogP contribution in [0.3, 0.4) is 0 Å². The van der Waals surface area contributed by atoms with Gasteiger partial charge in [0.05, 0.1) is 0 Å². The summed E-state index contributed by atoms with van der Waals surface area (Å²) < 4.78 is 0. The van der Waals surface area contributed by atoms with Crippen LogP contribution in [0.5, 0.6) is 0 Å². The summed E-state index contributed by atoms with van der Waals surface area (Å²) in [6, 6.07) is 0. The molecule has 0 aliphatic heterocycles. The lowest BCUT2D eigenvalue weighted by Crippen LogP contribution is -2.45. The van der Waals surface area contributed by atoms with Gasteiger partial charge in [0.2, 0.25) is 11.8 Å². The van der Waals surface area contributed by atoms with Crippen molar-refractivity contribution in [1.82, 2.24) is 10.6 Å². The van der Waals surface area contributed by atoms with E-state index in [-0.39, 0.29) is 24.2 Å². The third kappa shape index (κ3) is 13.3. The molecule has 0 saturated carbocycles. The van der Waals surface area contributed by atoms with Gasteiger partial charge in [-0.25, -0.2) is 0 Å². The van der Waals surface area contributed by atoms with Crippen LogP contribution in [0.4, 0.5) is 0 Å². The maximum atomic E-state index is 11.4. The molecule has 18 heavy (non-hydrogen) atoms. The highest BCUT2D eigenvalue weighted by atomic mass is 35.5. The Morgan fingerprint density at radius 3 is 2.17 bits per heavy atom. The summed E-state index contributed by atoms with van der Waals surface area (Å²) in [5.41, 5.74) is 5.32. The van der Waals surface area contributed by atoms with E-state index in [1.165, 1.54) is 0 Å². The smallest absolute Gasteiger partial charge is 0.221 e. The first kappa shape index (κ1) is 19.5. The number of nitrogens with one attached hydrogen (secondary N) is 2. The van der Waals surface area contributed by atoms with Crippen LogP contribution in [0.15, 0.2) is 0 Å². The van der Waals surface area contributed by atoms with Crippen molar-refractivity contribution in [3.8, 4) is 0 Å². The Labute approximate surface area is 116 Å². The third-order valence-electron chi connectivity index (χ3n) is 2.01. The molecule has 0 aromatic rings. The van der Waals surface area contributed by atoms with Crippen molar-refractivity contribution in [1.29, 1.82) is 0 Å². The summed E-state index contributed by atoms with van der Waals surface area (Å²) in [5, 5.41) is 5.43. The van der Waals surface area contributed by atoms with E-state index >= 15 is 0 Å². The average molecular weight is 280 g/mol. The van der Waals surface area contributed by atoms with Crippen LogP contribution < -0.4 is 16.4 Å². The van der Waals surface area contributed by atoms with Crippen molar-refractivity contribution < 1.29 is 9.59 Å². The van der Waals surface area contributed by atoms with Crippen LogP contribution >= 0.6 is 12.4 Å². The van der Waals surface area contributed by atoms with Crippen LogP contribution in [0.1, 0.15) is 40.5 Å². The maximum absolute atomic E-state index is 11.4. The molecule has 5 nitrogen and oxygen atoms in total. The van der Waals surface area contributed by atoms with Crippen molar-refractivity contribution >= 4 is 24.2 Å². The highest BCUT2D eigenvalue weighted by molar-refractivity contribution is 5.85. The van der Waals surface area contributed by atoms with Gasteiger partial charge in [-0.1, -0.05) is 13.8 Å². The van der Waals surface area contributed by atoms with Crippen LogP contribution in [-0.4, -0.2) is 30.4 Å². The Bertz CT molecular complexity index is 263. The molecule has 0 bridgehead atoms. The van der Waals surface area contributed by atoms with Gasteiger partial charge in [-0.05, 0) is 19.8 Å². The van der Waals surface area contributed by atoms with E-state index in [0.29, 0.717) is 31.8 Å². The molecule has 0 unspecified atom stereocenters. The minimum Gasteiger partial charge on any atom is -0.356 e. The second-order valence-electron chi connectivity index (χ2n) is 5.46. The van der Waals surface area contributed by atoms with Crippen molar-refractivity contribution in [2.45, 2.75) is 46.1 Å². The van der Waals surface area contributed by atoms with Crippen LogP contribution in [-0.2, 0) is 9.59 Å². The Morgan fingerprint density at radius 2 is 1.72 bits per heavy atom. The van der Waals surface area contributed by atoms with Crippen LogP contribution in [0, 0.1) is 5.92 Å².